The van der Waals surface area contributed by atoms with E-state index in [0.717, 1.165) is 16.8 Å². The maximum absolute atomic E-state index is 12.5. The summed E-state index contributed by atoms with van der Waals surface area (Å²) in [7, 11) is 1.53. The average molecular weight is 381 g/mol. The molecule has 0 radical (unpaired) electrons. The highest BCUT2D eigenvalue weighted by Gasteiger charge is 2.30. The number of carbonyl (C=O) groups is 3. The predicted octanol–water partition coefficient (Wildman–Crippen LogP) is 2.49. The van der Waals surface area contributed by atoms with Crippen molar-refractivity contribution in [2.75, 3.05) is 24.2 Å². The zero-order valence-electron chi connectivity index (χ0n) is 16.1. The van der Waals surface area contributed by atoms with Crippen molar-refractivity contribution in [3.63, 3.8) is 0 Å². The molecule has 1 atom stereocenters. The summed E-state index contributed by atoms with van der Waals surface area (Å²) >= 11 is 0. The number of para-hydroxylation sites is 2. The Morgan fingerprint density at radius 2 is 1.93 bits per heavy atom. The number of rotatable bonds is 5. The monoisotopic (exact) mass is 381 g/mol. The fraction of sp³-hybridized carbons (Fsp3) is 0.286. The van der Waals surface area contributed by atoms with Gasteiger partial charge in [-0.25, -0.2) is 0 Å². The van der Waals surface area contributed by atoms with Gasteiger partial charge in [0.2, 0.25) is 11.8 Å². The SMILES string of the molecule is Cc1ccc(C)c(NC(=O)CN(C)C(=O)C[C@@H]2Oc3ccccc3NC2=O)c1. The summed E-state index contributed by atoms with van der Waals surface area (Å²) in [5.74, 6) is -0.505. The third-order valence-corrected chi connectivity index (χ3v) is 4.54. The Bertz CT molecular complexity index is 926. The number of carbonyl (C=O) groups excluding carboxylic acids is 3. The van der Waals surface area contributed by atoms with E-state index < -0.39 is 6.10 Å². The van der Waals surface area contributed by atoms with Gasteiger partial charge in [-0.3, -0.25) is 14.4 Å². The fourth-order valence-electron chi connectivity index (χ4n) is 2.91. The van der Waals surface area contributed by atoms with Gasteiger partial charge < -0.3 is 20.3 Å². The van der Waals surface area contributed by atoms with Crippen molar-refractivity contribution in [1.29, 1.82) is 0 Å². The summed E-state index contributed by atoms with van der Waals surface area (Å²) in [6, 6.07) is 12.8. The first kappa shape index (κ1) is 19.4. The van der Waals surface area contributed by atoms with Crippen molar-refractivity contribution in [1.82, 2.24) is 4.90 Å². The first-order chi connectivity index (χ1) is 13.3. The van der Waals surface area contributed by atoms with Gasteiger partial charge in [-0.2, -0.15) is 0 Å². The highest BCUT2D eigenvalue weighted by Crippen LogP contribution is 2.29. The molecule has 0 bridgehead atoms. The molecule has 1 aliphatic rings. The van der Waals surface area contributed by atoms with Gasteiger partial charge in [-0.15, -0.1) is 0 Å². The molecule has 2 aromatic carbocycles. The molecule has 0 unspecified atom stereocenters. The number of nitrogens with one attached hydrogen (secondary N) is 2. The Morgan fingerprint density at radius 3 is 2.71 bits per heavy atom. The van der Waals surface area contributed by atoms with Gasteiger partial charge in [0.1, 0.15) is 5.75 Å². The van der Waals surface area contributed by atoms with E-state index in [0.29, 0.717) is 11.4 Å². The van der Waals surface area contributed by atoms with E-state index in [4.69, 9.17) is 4.74 Å². The zero-order valence-corrected chi connectivity index (χ0v) is 16.1. The molecule has 2 N–H and O–H groups in total. The van der Waals surface area contributed by atoms with E-state index in [2.05, 4.69) is 10.6 Å². The second kappa shape index (κ2) is 8.12. The molecule has 0 saturated carbocycles. The van der Waals surface area contributed by atoms with Crippen molar-refractivity contribution < 1.29 is 19.1 Å². The van der Waals surface area contributed by atoms with Crippen molar-refractivity contribution >= 4 is 29.1 Å². The smallest absolute Gasteiger partial charge is 0.266 e. The minimum Gasteiger partial charge on any atom is -0.478 e. The van der Waals surface area contributed by atoms with E-state index >= 15 is 0 Å². The summed E-state index contributed by atoms with van der Waals surface area (Å²) in [6.07, 6.45) is -1.07. The van der Waals surface area contributed by atoms with Gasteiger partial charge in [0.15, 0.2) is 6.10 Å². The number of hydrogen-bond donors (Lipinski definition) is 2. The molecule has 146 valence electrons. The van der Waals surface area contributed by atoms with Gasteiger partial charge >= 0.3 is 0 Å². The number of fused-ring (bicyclic) bond motifs is 1. The first-order valence-electron chi connectivity index (χ1n) is 9.01. The number of aryl methyl sites for hydroxylation is 2. The van der Waals surface area contributed by atoms with Crippen LogP contribution in [0, 0.1) is 13.8 Å². The Hall–Kier alpha value is -3.35. The van der Waals surface area contributed by atoms with Crippen LogP contribution in [0.3, 0.4) is 0 Å². The topological polar surface area (TPSA) is 87.7 Å². The predicted molar refractivity (Wildman–Crippen MR) is 106 cm³/mol. The molecule has 3 rings (SSSR count). The van der Waals surface area contributed by atoms with Crippen LogP contribution in [0.25, 0.3) is 0 Å². The summed E-state index contributed by atoms with van der Waals surface area (Å²) in [5.41, 5.74) is 3.28. The van der Waals surface area contributed by atoms with Crippen molar-refractivity contribution in [2.45, 2.75) is 26.4 Å². The van der Waals surface area contributed by atoms with Gasteiger partial charge in [-0.1, -0.05) is 24.3 Å². The second-order valence-electron chi connectivity index (χ2n) is 6.91. The Kier molecular flexibility index (Phi) is 5.63. The standard InChI is InChI=1S/C21H23N3O4/c1-13-8-9-14(2)16(10-13)22-19(25)12-24(3)20(26)11-18-21(27)23-15-6-4-5-7-17(15)28-18/h4-10,18H,11-12H2,1-3H3,(H,22,25)(H,23,27)/t18-/m0/s1. The lowest BCUT2D eigenvalue weighted by atomic mass is 10.1. The molecule has 0 spiro atoms. The van der Waals surface area contributed by atoms with Crippen molar-refractivity contribution in [3.8, 4) is 5.75 Å². The molecule has 1 aliphatic heterocycles. The van der Waals surface area contributed by atoms with Crippen LogP contribution < -0.4 is 15.4 Å². The number of likely N-dealkylation sites (N-methyl/N-ethyl adjacent to an activating group) is 1. The average Bonchev–Trinajstić information content (AvgIpc) is 2.65. The number of nitrogens with zero attached hydrogens (tertiary/aromatic N) is 1. The van der Waals surface area contributed by atoms with Crippen LogP contribution in [-0.2, 0) is 14.4 Å². The molecular weight excluding hydrogens is 358 g/mol. The van der Waals surface area contributed by atoms with E-state index in [1.165, 1.54) is 11.9 Å². The van der Waals surface area contributed by atoms with Crippen molar-refractivity contribution in [2.24, 2.45) is 0 Å². The number of ether oxygens (including phenoxy) is 1. The molecule has 1 heterocycles. The quantitative estimate of drug-likeness (QED) is 0.833. The lowest BCUT2D eigenvalue weighted by Crippen LogP contribution is -2.43. The maximum Gasteiger partial charge on any atom is 0.266 e. The Morgan fingerprint density at radius 1 is 1.18 bits per heavy atom. The number of hydrogen-bond acceptors (Lipinski definition) is 4. The minimum atomic E-state index is -0.924. The Labute approximate surface area is 163 Å². The molecule has 0 aromatic heterocycles. The molecule has 0 saturated heterocycles. The third kappa shape index (κ3) is 4.49. The molecule has 2 aromatic rings. The highest BCUT2D eigenvalue weighted by molar-refractivity contribution is 6.00. The zero-order chi connectivity index (χ0) is 20.3. The molecule has 3 amide bonds. The fourth-order valence-corrected chi connectivity index (χ4v) is 2.91. The number of amides is 3. The van der Waals surface area contributed by atoms with Crippen LogP contribution >= 0.6 is 0 Å². The lowest BCUT2D eigenvalue weighted by molar-refractivity contribution is -0.137. The van der Waals surface area contributed by atoms with E-state index in [1.54, 1.807) is 24.3 Å². The first-order valence-corrected chi connectivity index (χ1v) is 9.01. The van der Waals surface area contributed by atoms with Gasteiger partial charge in [0, 0.05) is 12.7 Å². The lowest BCUT2D eigenvalue weighted by Gasteiger charge is -2.26. The third-order valence-electron chi connectivity index (χ3n) is 4.54. The molecule has 0 fully saturated rings. The van der Waals surface area contributed by atoms with Crippen LogP contribution in [0.2, 0.25) is 0 Å². The van der Waals surface area contributed by atoms with Crippen LogP contribution in [-0.4, -0.2) is 42.3 Å². The Balaban J connectivity index is 1.56. The van der Waals surface area contributed by atoms with E-state index in [1.807, 2.05) is 32.0 Å². The van der Waals surface area contributed by atoms with Crippen LogP contribution in [0.4, 0.5) is 11.4 Å². The number of anilines is 2. The van der Waals surface area contributed by atoms with Crippen molar-refractivity contribution in [3.05, 3.63) is 53.6 Å². The van der Waals surface area contributed by atoms with Gasteiger partial charge in [0.25, 0.3) is 5.91 Å². The molecular formula is C21H23N3O4. The molecule has 28 heavy (non-hydrogen) atoms. The van der Waals surface area contributed by atoms with Crippen LogP contribution in [0.1, 0.15) is 17.5 Å². The summed E-state index contributed by atoms with van der Waals surface area (Å²) < 4.78 is 5.63. The normalized spacial score (nSPS) is 15.1. The minimum absolute atomic E-state index is 0.114. The molecule has 7 nitrogen and oxygen atoms in total. The van der Waals surface area contributed by atoms with Crippen LogP contribution in [0.15, 0.2) is 42.5 Å². The summed E-state index contributed by atoms with van der Waals surface area (Å²) in [5, 5.41) is 5.54. The van der Waals surface area contributed by atoms with Gasteiger partial charge in [0.05, 0.1) is 18.7 Å². The van der Waals surface area contributed by atoms with Crippen LogP contribution in [0.5, 0.6) is 5.75 Å². The number of benzene rings is 2. The second-order valence-corrected chi connectivity index (χ2v) is 6.91. The summed E-state index contributed by atoms with van der Waals surface area (Å²) in [6.45, 7) is 3.73. The van der Waals surface area contributed by atoms with E-state index in [9.17, 15) is 14.4 Å². The van der Waals surface area contributed by atoms with E-state index in [-0.39, 0.29) is 30.7 Å². The highest BCUT2D eigenvalue weighted by atomic mass is 16.5. The largest absolute Gasteiger partial charge is 0.478 e. The summed E-state index contributed by atoms with van der Waals surface area (Å²) in [4.78, 5) is 38.2. The maximum atomic E-state index is 12.5. The molecule has 0 aliphatic carbocycles. The van der Waals surface area contributed by atoms with Gasteiger partial charge in [-0.05, 0) is 43.2 Å². The molecule has 7 heteroatoms.